The van der Waals surface area contributed by atoms with E-state index >= 15 is 0 Å². The average molecular weight is 408 g/mol. The Morgan fingerprint density at radius 2 is 1.73 bits per heavy atom. The van der Waals surface area contributed by atoms with Crippen LogP contribution in [0.3, 0.4) is 0 Å². The van der Waals surface area contributed by atoms with Gasteiger partial charge in [-0.15, -0.1) is 0 Å². The number of primary amides is 1. The van der Waals surface area contributed by atoms with E-state index in [1.165, 1.54) is 0 Å². The number of nitrogens with two attached hydrogens (primary N) is 1. The average Bonchev–Trinajstić information content (AvgIpc) is 3.05. The third-order valence-corrected chi connectivity index (χ3v) is 5.02. The number of carbonyl (C=O) groups is 3. The van der Waals surface area contributed by atoms with E-state index in [1.54, 1.807) is 6.07 Å². The number of ether oxygens (including phenoxy) is 1. The zero-order valence-electron chi connectivity index (χ0n) is 17.0. The number of carboxylic acids is 1. The molecule has 3 N–H and O–H groups in total. The molecule has 1 amide bonds. The molecule has 0 unspecified atom stereocenters. The first-order chi connectivity index (χ1) is 14.4. The van der Waals surface area contributed by atoms with Gasteiger partial charge in [-0.05, 0) is 36.1 Å². The van der Waals surface area contributed by atoms with Gasteiger partial charge in [0.25, 0.3) is 11.7 Å². The van der Waals surface area contributed by atoms with Gasteiger partial charge in [-0.1, -0.05) is 44.2 Å². The van der Waals surface area contributed by atoms with Crippen LogP contribution in [0, 0.1) is 0 Å². The fourth-order valence-corrected chi connectivity index (χ4v) is 3.68. The molecule has 0 aliphatic rings. The van der Waals surface area contributed by atoms with Gasteiger partial charge in [-0.3, -0.25) is 9.59 Å². The number of benzene rings is 2. The van der Waals surface area contributed by atoms with Crippen LogP contribution < -0.4 is 10.5 Å². The fourth-order valence-electron chi connectivity index (χ4n) is 3.68. The Bertz CT molecular complexity index is 1120. The first kappa shape index (κ1) is 21.1. The van der Waals surface area contributed by atoms with Gasteiger partial charge in [0.2, 0.25) is 0 Å². The van der Waals surface area contributed by atoms with Gasteiger partial charge >= 0.3 is 5.97 Å². The number of hydrogen-bond acceptors (Lipinski definition) is 4. The summed E-state index contributed by atoms with van der Waals surface area (Å²) >= 11 is 0. The summed E-state index contributed by atoms with van der Waals surface area (Å²) in [5.74, 6) is -2.74. The maximum Gasteiger partial charge on any atom is 0.341 e. The number of amides is 1. The van der Waals surface area contributed by atoms with Crippen molar-refractivity contribution >= 4 is 28.6 Å². The molecule has 30 heavy (non-hydrogen) atoms. The molecule has 0 saturated carbocycles. The molecule has 0 atom stereocenters. The van der Waals surface area contributed by atoms with E-state index in [2.05, 4.69) is 0 Å². The molecule has 0 aliphatic heterocycles. The van der Waals surface area contributed by atoms with Gasteiger partial charge in [-0.2, -0.15) is 0 Å². The quantitative estimate of drug-likeness (QED) is 0.418. The van der Waals surface area contributed by atoms with Crippen LogP contribution in [0.2, 0.25) is 0 Å². The number of Topliss-reactive ketones (excluding diaryl/α,β-unsaturated/α-hetero) is 1. The minimum atomic E-state index is -1.13. The van der Waals surface area contributed by atoms with Crippen molar-refractivity contribution in [3.8, 4) is 5.75 Å². The summed E-state index contributed by atoms with van der Waals surface area (Å²) in [5, 5.41) is 9.49. The standard InChI is InChI=1S/C23H24N2O5/c1-3-14-10-17-20(18(11-14)30-13-19(26)27)21(22(28)23(24)29)16(4-2)25(17)12-15-8-6-5-7-9-15/h5-11H,3-4,12-13H2,1-2H3,(H2,24,29)(H,26,27). The number of fused-ring (bicyclic) bond motifs is 1. The number of carbonyl (C=O) groups excluding carboxylic acids is 2. The van der Waals surface area contributed by atoms with Crippen molar-refractivity contribution in [1.29, 1.82) is 0 Å². The third kappa shape index (κ3) is 4.05. The van der Waals surface area contributed by atoms with Crippen LogP contribution in [0.4, 0.5) is 0 Å². The first-order valence-corrected chi connectivity index (χ1v) is 9.77. The minimum absolute atomic E-state index is 0.180. The highest BCUT2D eigenvalue weighted by atomic mass is 16.5. The lowest BCUT2D eigenvalue weighted by Crippen LogP contribution is -2.24. The van der Waals surface area contributed by atoms with Crippen molar-refractivity contribution in [2.75, 3.05) is 6.61 Å². The summed E-state index contributed by atoms with van der Waals surface area (Å²) in [5.41, 5.74) is 8.84. The minimum Gasteiger partial charge on any atom is -0.481 e. The van der Waals surface area contributed by atoms with E-state index < -0.39 is 24.3 Å². The van der Waals surface area contributed by atoms with Crippen LogP contribution in [0.25, 0.3) is 10.9 Å². The molecule has 7 heteroatoms. The van der Waals surface area contributed by atoms with E-state index in [1.807, 2.05) is 54.8 Å². The molecule has 0 spiro atoms. The smallest absolute Gasteiger partial charge is 0.341 e. The van der Waals surface area contributed by atoms with Gasteiger partial charge in [0.15, 0.2) is 6.61 Å². The number of ketones is 1. The number of aryl methyl sites for hydroxylation is 1. The third-order valence-electron chi connectivity index (χ3n) is 5.02. The van der Waals surface area contributed by atoms with Crippen LogP contribution in [0.15, 0.2) is 42.5 Å². The first-order valence-electron chi connectivity index (χ1n) is 9.77. The van der Waals surface area contributed by atoms with Crippen molar-refractivity contribution in [3.63, 3.8) is 0 Å². The Balaban J connectivity index is 2.35. The molecule has 3 rings (SSSR count). The largest absolute Gasteiger partial charge is 0.481 e. The summed E-state index contributed by atoms with van der Waals surface area (Å²) in [6.45, 7) is 3.80. The molecule has 0 bridgehead atoms. The molecule has 1 aromatic heterocycles. The molecule has 156 valence electrons. The Morgan fingerprint density at radius 3 is 2.30 bits per heavy atom. The number of aliphatic carboxylic acids is 1. The van der Waals surface area contributed by atoms with Gasteiger partial charge in [0.05, 0.1) is 16.5 Å². The fraction of sp³-hybridized carbons (Fsp3) is 0.261. The Hall–Kier alpha value is -3.61. The van der Waals surface area contributed by atoms with E-state index in [4.69, 9.17) is 15.6 Å². The second-order valence-electron chi connectivity index (χ2n) is 6.96. The Morgan fingerprint density at radius 1 is 1.03 bits per heavy atom. The van der Waals surface area contributed by atoms with Gasteiger partial charge in [0.1, 0.15) is 5.75 Å². The van der Waals surface area contributed by atoms with E-state index in [-0.39, 0.29) is 11.3 Å². The number of rotatable bonds is 9. The van der Waals surface area contributed by atoms with E-state index in [0.29, 0.717) is 36.0 Å². The predicted molar refractivity (Wildman–Crippen MR) is 113 cm³/mol. The summed E-state index contributed by atoms with van der Waals surface area (Å²) in [6.07, 6.45) is 1.17. The maximum absolute atomic E-state index is 12.8. The highest BCUT2D eigenvalue weighted by molar-refractivity contribution is 6.45. The highest BCUT2D eigenvalue weighted by Gasteiger charge is 2.28. The molecular formula is C23H24N2O5. The van der Waals surface area contributed by atoms with Crippen LogP contribution in [0.1, 0.15) is 41.0 Å². The molecule has 0 saturated heterocycles. The second kappa shape index (κ2) is 8.82. The number of nitrogens with zero attached hydrogens (tertiary/aromatic N) is 1. The summed E-state index contributed by atoms with van der Waals surface area (Å²) in [6, 6.07) is 13.4. The van der Waals surface area contributed by atoms with E-state index in [9.17, 15) is 14.4 Å². The normalized spacial score (nSPS) is 10.9. The molecular weight excluding hydrogens is 384 g/mol. The number of hydrogen-bond donors (Lipinski definition) is 2. The zero-order valence-corrected chi connectivity index (χ0v) is 17.0. The molecule has 0 aliphatic carbocycles. The Kier molecular flexibility index (Phi) is 6.20. The van der Waals surface area contributed by atoms with Crippen molar-refractivity contribution in [2.24, 2.45) is 5.73 Å². The van der Waals surface area contributed by atoms with Crippen LogP contribution in [-0.4, -0.2) is 33.9 Å². The van der Waals surface area contributed by atoms with Gasteiger partial charge in [0, 0.05) is 12.2 Å². The lowest BCUT2D eigenvalue weighted by molar-refractivity contribution is -0.139. The summed E-state index contributed by atoms with van der Waals surface area (Å²) in [7, 11) is 0. The highest BCUT2D eigenvalue weighted by Crippen LogP contribution is 2.36. The lowest BCUT2D eigenvalue weighted by Gasteiger charge is -2.12. The van der Waals surface area contributed by atoms with E-state index in [0.717, 1.165) is 11.1 Å². The van der Waals surface area contributed by atoms with Crippen molar-refractivity contribution in [1.82, 2.24) is 4.57 Å². The second-order valence-corrected chi connectivity index (χ2v) is 6.96. The molecule has 2 aromatic carbocycles. The lowest BCUT2D eigenvalue weighted by atomic mass is 10.0. The summed E-state index contributed by atoms with van der Waals surface area (Å²) in [4.78, 5) is 35.7. The predicted octanol–water partition coefficient (Wildman–Crippen LogP) is 2.95. The van der Waals surface area contributed by atoms with Crippen molar-refractivity contribution in [2.45, 2.75) is 33.2 Å². The van der Waals surface area contributed by atoms with Gasteiger partial charge < -0.3 is 20.1 Å². The van der Waals surface area contributed by atoms with Crippen LogP contribution >= 0.6 is 0 Å². The molecule has 7 nitrogen and oxygen atoms in total. The van der Waals surface area contributed by atoms with Crippen molar-refractivity contribution in [3.05, 3.63) is 64.8 Å². The molecule has 3 aromatic rings. The molecule has 0 radical (unpaired) electrons. The van der Waals surface area contributed by atoms with Crippen molar-refractivity contribution < 1.29 is 24.2 Å². The van der Waals surface area contributed by atoms with Crippen LogP contribution in [-0.2, 0) is 29.0 Å². The maximum atomic E-state index is 12.8. The van der Waals surface area contributed by atoms with Gasteiger partial charge in [-0.25, -0.2) is 4.79 Å². The molecule has 1 heterocycles. The molecule has 0 fully saturated rings. The Labute approximate surface area is 174 Å². The number of aromatic nitrogens is 1. The SMILES string of the molecule is CCc1cc(OCC(=O)O)c2c(C(=O)C(N)=O)c(CC)n(Cc3ccccc3)c2c1. The zero-order chi connectivity index (χ0) is 21.8. The number of carboxylic acid groups (broad SMARTS) is 1. The van der Waals surface area contributed by atoms with Crippen LogP contribution in [0.5, 0.6) is 5.75 Å². The summed E-state index contributed by atoms with van der Waals surface area (Å²) < 4.78 is 7.52. The topological polar surface area (TPSA) is 112 Å². The monoisotopic (exact) mass is 408 g/mol.